The van der Waals surface area contributed by atoms with Gasteiger partial charge in [0.25, 0.3) is 0 Å². The largest absolute Gasteiger partial charge is 0.0961 e. The van der Waals surface area contributed by atoms with E-state index in [1.54, 1.807) is 0 Å². The van der Waals surface area contributed by atoms with Gasteiger partial charge in [-0.2, -0.15) is 0 Å². The van der Waals surface area contributed by atoms with Gasteiger partial charge in [0.2, 0.25) is 0 Å². The van der Waals surface area contributed by atoms with Crippen molar-refractivity contribution in [3.05, 3.63) is 36.5 Å². The van der Waals surface area contributed by atoms with Crippen molar-refractivity contribution in [2.24, 2.45) is 0 Å². The molecule has 0 aliphatic heterocycles. The van der Waals surface area contributed by atoms with Crippen molar-refractivity contribution >= 4 is 0 Å². The van der Waals surface area contributed by atoms with Crippen LogP contribution in [0.15, 0.2) is 36.5 Å². The molecule has 0 aromatic carbocycles. The van der Waals surface area contributed by atoms with Crippen molar-refractivity contribution in [1.82, 2.24) is 0 Å². The summed E-state index contributed by atoms with van der Waals surface area (Å²) < 4.78 is 0. The molecule has 0 fully saturated rings. The van der Waals surface area contributed by atoms with Crippen LogP contribution in [0.5, 0.6) is 0 Å². The van der Waals surface area contributed by atoms with Gasteiger partial charge >= 0.3 is 0 Å². The summed E-state index contributed by atoms with van der Waals surface area (Å²) in [6.45, 7) is 12.1. The highest BCUT2D eigenvalue weighted by Gasteiger charge is 1.91. The first-order valence-corrected chi connectivity index (χ1v) is 5.68. The molecule has 0 N–H and O–H groups in total. The SMILES string of the molecule is C=C(C)/C=C\C(=C)CCCCCCC. The molecule has 0 aliphatic rings. The van der Waals surface area contributed by atoms with Crippen LogP contribution in [0.2, 0.25) is 0 Å². The summed E-state index contributed by atoms with van der Waals surface area (Å²) in [6, 6.07) is 0. The van der Waals surface area contributed by atoms with Crippen molar-refractivity contribution in [2.75, 3.05) is 0 Å². The molecule has 0 amide bonds. The fourth-order valence-corrected chi connectivity index (χ4v) is 1.30. The predicted molar refractivity (Wildman–Crippen MR) is 66.5 cm³/mol. The highest BCUT2D eigenvalue weighted by molar-refractivity contribution is 5.22. The molecule has 0 aliphatic carbocycles. The smallest absolute Gasteiger partial charge is 0.0285 e. The van der Waals surface area contributed by atoms with Crippen molar-refractivity contribution in [1.29, 1.82) is 0 Å². The first-order valence-electron chi connectivity index (χ1n) is 5.68. The maximum Gasteiger partial charge on any atom is -0.0285 e. The maximum atomic E-state index is 4.02. The highest BCUT2D eigenvalue weighted by atomic mass is 14.0. The van der Waals surface area contributed by atoms with Gasteiger partial charge in [-0.15, -0.1) is 0 Å². The van der Waals surface area contributed by atoms with E-state index in [1.165, 1.54) is 37.7 Å². The van der Waals surface area contributed by atoms with Gasteiger partial charge in [0, 0.05) is 0 Å². The summed E-state index contributed by atoms with van der Waals surface area (Å²) in [6.07, 6.45) is 11.9. The molecule has 0 bridgehead atoms. The standard InChI is InChI=1S/C14H24/c1-5-6-7-8-9-10-14(4)12-11-13(2)3/h11-12H,2,4-10H2,1,3H3/b12-11-. The van der Waals surface area contributed by atoms with Gasteiger partial charge in [0.15, 0.2) is 0 Å². The third kappa shape index (κ3) is 9.31. The van der Waals surface area contributed by atoms with Crippen molar-refractivity contribution in [2.45, 2.75) is 52.4 Å². The van der Waals surface area contributed by atoms with E-state index in [0.717, 1.165) is 12.0 Å². The monoisotopic (exact) mass is 192 g/mol. The molecule has 0 aromatic heterocycles. The fourth-order valence-electron chi connectivity index (χ4n) is 1.30. The zero-order valence-electron chi connectivity index (χ0n) is 9.81. The number of hydrogen-bond donors (Lipinski definition) is 0. The molecule has 0 atom stereocenters. The molecule has 0 rings (SSSR count). The van der Waals surface area contributed by atoms with E-state index in [0.29, 0.717) is 0 Å². The molecular weight excluding hydrogens is 168 g/mol. The van der Waals surface area contributed by atoms with Crippen LogP contribution in [-0.2, 0) is 0 Å². The van der Waals surface area contributed by atoms with Crippen molar-refractivity contribution < 1.29 is 0 Å². The minimum absolute atomic E-state index is 1.09. The van der Waals surface area contributed by atoms with Gasteiger partial charge in [-0.25, -0.2) is 0 Å². The first-order chi connectivity index (χ1) is 6.66. The van der Waals surface area contributed by atoms with Gasteiger partial charge in [-0.05, 0) is 19.8 Å². The number of allylic oxidation sites excluding steroid dienone is 4. The van der Waals surface area contributed by atoms with E-state index in [9.17, 15) is 0 Å². The summed E-state index contributed by atoms with van der Waals surface area (Å²) >= 11 is 0. The van der Waals surface area contributed by atoms with Crippen LogP contribution < -0.4 is 0 Å². The first kappa shape index (κ1) is 13.2. The highest BCUT2D eigenvalue weighted by Crippen LogP contribution is 2.11. The van der Waals surface area contributed by atoms with Crippen molar-refractivity contribution in [3.63, 3.8) is 0 Å². The minimum atomic E-state index is 1.09. The minimum Gasteiger partial charge on any atom is -0.0961 e. The van der Waals surface area contributed by atoms with Crippen LogP contribution in [0.25, 0.3) is 0 Å². The Hall–Kier alpha value is -0.780. The Morgan fingerprint density at radius 3 is 2.21 bits per heavy atom. The van der Waals surface area contributed by atoms with Gasteiger partial charge in [-0.1, -0.05) is 69.1 Å². The lowest BCUT2D eigenvalue weighted by Gasteiger charge is -2.00. The number of hydrogen-bond acceptors (Lipinski definition) is 0. The topological polar surface area (TPSA) is 0 Å². The second-order valence-electron chi connectivity index (χ2n) is 4.00. The van der Waals surface area contributed by atoms with Crippen LogP contribution in [0.4, 0.5) is 0 Å². The normalized spacial score (nSPS) is 10.7. The van der Waals surface area contributed by atoms with Crippen LogP contribution in [-0.4, -0.2) is 0 Å². The van der Waals surface area contributed by atoms with E-state index in [2.05, 4.69) is 26.2 Å². The van der Waals surface area contributed by atoms with E-state index in [4.69, 9.17) is 0 Å². The lowest BCUT2D eigenvalue weighted by molar-refractivity contribution is 0.633. The summed E-state index contributed by atoms with van der Waals surface area (Å²) in [7, 11) is 0. The third-order valence-corrected chi connectivity index (χ3v) is 2.20. The molecule has 0 aromatic rings. The molecule has 0 radical (unpaired) electrons. The molecule has 0 heteroatoms. The van der Waals surface area contributed by atoms with Crippen LogP contribution in [0.1, 0.15) is 52.4 Å². The Morgan fingerprint density at radius 1 is 1.00 bits per heavy atom. The summed E-state index contributed by atoms with van der Waals surface area (Å²) in [5, 5.41) is 0. The number of rotatable bonds is 8. The zero-order valence-corrected chi connectivity index (χ0v) is 9.81. The Morgan fingerprint density at radius 2 is 1.64 bits per heavy atom. The zero-order chi connectivity index (χ0) is 10.8. The van der Waals surface area contributed by atoms with Crippen LogP contribution in [0.3, 0.4) is 0 Å². The van der Waals surface area contributed by atoms with Gasteiger partial charge in [0.05, 0.1) is 0 Å². The Labute approximate surface area is 89.4 Å². The Kier molecular flexibility index (Phi) is 8.31. The molecule has 0 heterocycles. The average Bonchev–Trinajstić information content (AvgIpc) is 2.14. The van der Waals surface area contributed by atoms with E-state index in [-0.39, 0.29) is 0 Å². The lowest BCUT2D eigenvalue weighted by Crippen LogP contribution is -1.80. The second kappa shape index (κ2) is 8.80. The van der Waals surface area contributed by atoms with E-state index < -0.39 is 0 Å². The summed E-state index contributed by atoms with van der Waals surface area (Å²) in [5.41, 5.74) is 2.32. The molecule has 0 saturated carbocycles. The van der Waals surface area contributed by atoms with Gasteiger partial charge < -0.3 is 0 Å². The molecule has 14 heavy (non-hydrogen) atoms. The van der Waals surface area contributed by atoms with E-state index in [1.807, 2.05) is 13.0 Å². The lowest BCUT2D eigenvalue weighted by atomic mass is 10.1. The summed E-state index contributed by atoms with van der Waals surface area (Å²) in [5.74, 6) is 0. The van der Waals surface area contributed by atoms with Gasteiger partial charge in [0.1, 0.15) is 0 Å². The number of unbranched alkanes of at least 4 members (excludes halogenated alkanes) is 4. The molecular formula is C14H24. The maximum absolute atomic E-state index is 4.02. The summed E-state index contributed by atoms with van der Waals surface area (Å²) in [4.78, 5) is 0. The van der Waals surface area contributed by atoms with Crippen LogP contribution >= 0.6 is 0 Å². The average molecular weight is 192 g/mol. The predicted octanol–water partition coefficient (Wildman–Crippen LogP) is 5.04. The van der Waals surface area contributed by atoms with Crippen molar-refractivity contribution in [3.8, 4) is 0 Å². The second-order valence-corrected chi connectivity index (χ2v) is 4.00. The quantitative estimate of drug-likeness (QED) is 0.373. The van der Waals surface area contributed by atoms with E-state index >= 15 is 0 Å². The Bertz CT molecular complexity index is 196. The molecule has 0 unspecified atom stereocenters. The Balaban J connectivity index is 3.40. The molecule has 0 nitrogen and oxygen atoms in total. The molecule has 0 saturated heterocycles. The molecule has 80 valence electrons. The van der Waals surface area contributed by atoms with Crippen LogP contribution in [0, 0.1) is 0 Å². The molecule has 0 spiro atoms. The third-order valence-electron chi connectivity index (χ3n) is 2.20. The fraction of sp³-hybridized carbons (Fsp3) is 0.571. The van der Waals surface area contributed by atoms with Gasteiger partial charge in [-0.3, -0.25) is 0 Å².